The Balaban J connectivity index is 2.21. The fourth-order valence-corrected chi connectivity index (χ4v) is 2.13. The van der Waals surface area contributed by atoms with Crippen LogP contribution in [0.15, 0.2) is 22.7 Å². The molecule has 1 aromatic rings. The molecule has 2 rings (SSSR count). The van der Waals surface area contributed by atoms with Gasteiger partial charge in [-0.2, -0.15) is 13.2 Å². The Morgan fingerprint density at radius 2 is 2.06 bits per heavy atom. The van der Waals surface area contributed by atoms with Crippen molar-refractivity contribution in [2.45, 2.75) is 25.6 Å². The molecule has 0 saturated heterocycles. The molecule has 0 spiro atoms. The van der Waals surface area contributed by atoms with Gasteiger partial charge in [-0.15, -0.1) is 0 Å². The maximum absolute atomic E-state index is 12.7. The van der Waals surface area contributed by atoms with E-state index in [4.69, 9.17) is 0 Å². The maximum atomic E-state index is 12.7. The number of nitrogens with one attached hydrogen (secondary N) is 1. The van der Waals surface area contributed by atoms with Crippen molar-refractivity contribution in [1.29, 1.82) is 0 Å². The van der Waals surface area contributed by atoms with Crippen LogP contribution in [0.25, 0.3) is 0 Å². The Labute approximate surface area is 111 Å². The Morgan fingerprint density at radius 3 is 2.56 bits per heavy atom. The van der Waals surface area contributed by atoms with Crippen LogP contribution in [-0.2, 0) is 6.18 Å². The zero-order valence-corrected chi connectivity index (χ0v) is 11.1. The van der Waals surface area contributed by atoms with Crippen molar-refractivity contribution in [2.24, 2.45) is 5.92 Å². The first-order valence-corrected chi connectivity index (χ1v) is 6.26. The van der Waals surface area contributed by atoms with Crippen LogP contribution in [0.4, 0.5) is 13.2 Å². The standard InChI is InChI=1S/C12H11BrF3NO/c1-6-4-10(6)17-11(18)7-2-3-9(13)8(5-7)12(14,15)16/h2-3,5-6,10H,4H2,1H3,(H,17,18). The van der Waals surface area contributed by atoms with Crippen LogP contribution in [-0.4, -0.2) is 11.9 Å². The lowest BCUT2D eigenvalue weighted by Gasteiger charge is -2.11. The molecule has 18 heavy (non-hydrogen) atoms. The Morgan fingerprint density at radius 1 is 1.44 bits per heavy atom. The molecule has 1 aromatic carbocycles. The van der Waals surface area contributed by atoms with Crippen LogP contribution in [0.2, 0.25) is 0 Å². The van der Waals surface area contributed by atoms with E-state index in [0.717, 1.165) is 12.5 Å². The molecule has 2 nitrogen and oxygen atoms in total. The molecule has 2 atom stereocenters. The minimum absolute atomic E-state index is 0.0321. The fourth-order valence-electron chi connectivity index (χ4n) is 1.66. The van der Waals surface area contributed by atoms with Gasteiger partial charge in [-0.25, -0.2) is 0 Å². The van der Waals surface area contributed by atoms with Crippen LogP contribution in [0, 0.1) is 5.92 Å². The lowest BCUT2D eigenvalue weighted by Crippen LogP contribution is -2.26. The summed E-state index contributed by atoms with van der Waals surface area (Å²) < 4.78 is 37.9. The van der Waals surface area contributed by atoms with Crippen molar-refractivity contribution >= 4 is 21.8 Å². The predicted molar refractivity (Wildman–Crippen MR) is 64.2 cm³/mol. The highest BCUT2D eigenvalue weighted by Gasteiger charge is 2.36. The van der Waals surface area contributed by atoms with Crippen molar-refractivity contribution in [1.82, 2.24) is 5.32 Å². The summed E-state index contributed by atoms with van der Waals surface area (Å²) in [6, 6.07) is 3.58. The van der Waals surface area contributed by atoms with Gasteiger partial charge in [0.05, 0.1) is 5.56 Å². The molecule has 98 valence electrons. The van der Waals surface area contributed by atoms with Gasteiger partial charge in [0.2, 0.25) is 0 Å². The minimum atomic E-state index is -4.47. The number of benzene rings is 1. The summed E-state index contributed by atoms with van der Waals surface area (Å²) in [7, 11) is 0. The lowest BCUT2D eigenvalue weighted by molar-refractivity contribution is -0.138. The average Bonchev–Trinajstić information content (AvgIpc) is 2.93. The lowest BCUT2D eigenvalue weighted by atomic mass is 10.1. The highest BCUT2D eigenvalue weighted by Crippen LogP contribution is 2.35. The summed E-state index contributed by atoms with van der Waals surface area (Å²) >= 11 is 2.84. The van der Waals surface area contributed by atoms with Crippen molar-refractivity contribution in [3.05, 3.63) is 33.8 Å². The Bertz CT molecular complexity index is 487. The summed E-state index contributed by atoms with van der Waals surface area (Å²) in [5, 5.41) is 2.70. The van der Waals surface area contributed by atoms with Gasteiger partial charge in [0.15, 0.2) is 0 Å². The summed E-state index contributed by atoms with van der Waals surface area (Å²) in [5.74, 6) is -0.0474. The summed E-state index contributed by atoms with van der Waals surface area (Å²) in [4.78, 5) is 11.7. The van der Waals surface area contributed by atoms with E-state index < -0.39 is 17.6 Å². The molecule has 1 aliphatic rings. The van der Waals surface area contributed by atoms with Crippen molar-refractivity contribution in [3.8, 4) is 0 Å². The topological polar surface area (TPSA) is 29.1 Å². The monoisotopic (exact) mass is 321 g/mol. The van der Waals surface area contributed by atoms with Crippen LogP contribution in [0.1, 0.15) is 29.3 Å². The minimum Gasteiger partial charge on any atom is -0.349 e. The molecule has 0 heterocycles. The molecule has 0 aliphatic heterocycles. The predicted octanol–water partition coefficient (Wildman–Crippen LogP) is 3.61. The van der Waals surface area contributed by atoms with Crippen LogP contribution >= 0.6 is 15.9 Å². The number of hydrogen-bond donors (Lipinski definition) is 1. The average molecular weight is 322 g/mol. The second-order valence-corrected chi connectivity index (χ2v) is 5.34. The highest BCUT2D eigenvalue weighted by atomic mass is 79.9. The number of carbonyl (C=O) groups is 1. The third-order valence-electron chi connectivity index (χ3n) is 2.96. The quantitative estimate of drug-likeness (QED) is 0.885. The molecule has 1 saturated carbocycles. The SMILES string of the molecule is CC1CC1NC(=O)c1ccc(Br)c(C(F)(F)F)c1. The van der Waals surface area contributed by atoms with Gasteiger partial charge in [-0.1, -0.05) is 22.9 Å². The fraction of sp³-hybridized carbons (Fsp3) is 0.417. The summed E-state index contributed by atoms with van der Waals surface area (Å²) in [6.45, 7) is 1.98. The molecule has 6 heteroatoms. The number of rotatable bonds is 2. The van der Waals surface area contributed by atoms with Crippen molar-refractivity contribution in [3.63, 3.8) is 0 Å². The first-order valence-electron chi connectivity index (χ1n) is 5.46. The highest BCUT2D eigenvalue weighted by molar-refractivity contribution is 9.10. The molecule has 0 bridgehead atoms. The third-order valence-corrected chi connectivity index (χ3v) is 3.65. The molecule has 2 unspecified atom stereocenters. The van der Waals surface area contributed by atoms with Gasteiger partial charge in [-0.3, -0.25) is 4.79 Å². The smallest absolute Gasteiger partial charge is 0.349 e. The van der Waals surface area contributed by atoms with E-state index in [0.29, 0.717) is 5.92 Å². The zero-order valence-electron chi connectivity index (χ0n) is 9.51. The van der Waals surface area contributed by atoms with E-state index in [1.807, 2.05) is 6.92 Å². The third kappa shape index (κ3) is 2.85. The molecule has 1 fully saturated rings. The molecule has 1 amide bonds. The second kappa shape index (κ2) is 4.57. The number of halogens is 4. The molecule has 1 aliphatic carbocycles. The number of carbonyl (C=O) groups excluding carboxylic acids is 1. The number of hydrogen-bond acceptors (Lipinski definition) is 1. The van der Waals surface area contributed by atoms with E-state index in [2.05, 4.69) is 21.2 Å². The summed E-state index contributed by atoms with van der Waals surface area (Å²) in [6.07, 6.45) is -3.59. The van der Waals surface area contributed by atoms with E-state index in [1.165, 1.54) is 12.1 Å². The first-order chi connectivity index (χ1) is 8.29. The second-order valence-electron chi connectivity index (χ2n) is 4.49. The maximum Gasteiger partial charge on any atom is 0.417 e. The van der Waals surface area contributed by atoms with Gasteiger partial charge >= 0.3 is 6.18 Å². The Hall–Kier alpha value is -1.04. The molecule has 0 radical (unpaired) electrons. The summed E-state index contributed by atoms with van der Waals surface area (Å²) in [5.41, 5.74) is -0.802. The zero-order chi connectivity index (χ0) is 13.5. The van der Waals surface area contributed by atoms with Crippen LogP contribution in [0.3, 0.4) is 0 Å². The Kier molecular flexibility index (Phi) is 3.40. The van der Waals surface area contributed by atoms with Crippen molar-refractivity contribution in [2.75, 3.05) is 0 Å². The molecule has 1 N–H and O–H groups in total. The van der Waals surface area contributed by atoms with Gasteiger partial charge in [0.1, 0.15) is 0 Å². The van der Waals surface area contributed by atoms with Gasteiger partial charge < -0.3 is 5.32 Å². The van der Waals surface area contributed by atoms with Gasteiger partial charge in [0, 0.05) is 16.1 Å². The number of alkyl halides is 3. The largest absolute Gasteiger partial charge is 0.417 e. The van der Waals surface area contributed by atoms with E-state index in [-0.39, 0.29) is 16.1 Å². The van der Waals surface area contributed by atoms with Crippen molar-refractivity contribution < 1.29 is 18.0 Å². The van der Waals surface area contributed by atoms with Gasteiger partial charge in [0.25, 0.3) is 5.91 Å². The number of amides is 1. The van der Waals surface area contributed by atoms with Gasteiger partial charge in [-0.05, 0) is 30.5 Å². The molecular weight excluding hydrogens is 311 g/mol. The van der Waals surface area contributed by atoms with E-state index in [1.54, 1.807) is 0 Å². The molecule has 0 aromatic heterocycles. The van der Waals surface area contributed by atoms with Crippen LogP contribution in [0.5, 0.6) is 0 Å². The normalized spacial score (nSPS) is 22.7. The van der Waals surface area contributed by atoms with E-state index in [9.17, 15) is 18.0 Å². The molecular formula is C12H11BrF3NO. The first kappa shape index (κ1) is 13.4. The van der Waals surface area contributed by atoms with Crippen LogP contribution < -0.4 is 5.32 Å². The van der Waals surface area contributed by atoms with E-state index >= 15 is 0 Å².